The highest BCUT2D eigenvalue weighted by Gasteiger charge is 2.08. The smallest absolute Gasteiger partial charge is 0.229 e. The van der Waals surface area contributed by atoms with Crippen LogP contribution in [0.5, 0.6) is 0 Å². The molecule has 0 aliphatic carbocycles. The Morgan fingerprint density at radius 3 is 3.00 bits per heavy atom. The highest BCUT2D eigenvalue weighted by Crippen LogP contribution is 2.11. The van der Waals surface area contributed by atoms with Crippen LogP contribution in [0.3, 0.4) is 0 Å². The molecule has 1 aromatic rings. The quantitative estimate of drug-likeness (QED) is 0.653. The van der Waals surface area contributed by atoms with E-state index in [-0.39, 0.29) is 29.9 Å². The van der Waals surface area contributed by atoms with Gasteiger partial charge >= 0.3 is 0 Å². The largest absolute Gasteiger partial charge is 0.422 e. The SMILES string of the molecule is CC(=O)NCc1nc(C#N)c(N)o1. The number of oxazole rings is 1. The molecule has 0 aromatic carbocycles. The number of nitrogens with zero attached hydrogens (tertiary/aromatic N) is 2. The van der Waals surface area contributed by atoms with Gasteiger partial charge in [-0.2, -0.15) is 10.2 Å². The maximum absolute atomic E-state index is 10.5. The Kier molecular flexibility index (Phi) is 2.50. The van der Waals surface area contributed by atoms with Crippen LogP contribution >= 0.6 is 0 Å². The van der Waals surface area contributed by atoms with Crippen molar-refractivity contribution >= 4 is 11.8 Å². The van der Waals surface area contributed by atoms with Crippen LogP contribution in [0.1, 0.15) is 18.5 Å². The third-order valence-corrected chi connectivity index (χ3v) is 1.29. The lowest BCUT2D eigenvalue weighted by Gasteiger charge is -1.94. The van der Waals surface area contributed by atoms with Crippen LogP contribution in [0.25, 0.3) is 0 Å². The molecule has 1 aromatic heterocycles. The molecule has 3 N–H and O–H groups in total. The van der Waals surface area contributed by atoms with Crippen molar-refractivity contribution in [2.75, 3.05) is 5.73 Å². The summed E-state index contributed by atoms with van der Waals surface area (Å²) >= 11 is 0. The first-order chi connectivity index (χ1) is 6.13. The Bertz CT molecular complexity index is 363. The van der Waals surface area contributed by atoms with Gasteiger partial charge in [0.1, 0.15) is 6.07 Å². The third kappa shape index (κ3) is 2.20. The minimum Gasteiger partial charge on any atom is -0.422 e. The molecule has 1 amide bonds. The number of carbonyl (C=O) groups excluding carboxylic acids is 1. The fraction of sp³-hybridized carbons (Fsp3) is 0.286. The number of hydrogen-bond acceptors (Lipinski definition) is 5. The second kappa shape index (κ2) is 3.58. The molecule has 0 aliphatic rings. The Morgan fingerprint density at radius 2 is 2.54 bits per heavy atom. The number of nitriles is 1. The van der Waals surface area contributed by atoms with Crippen LogP contribution in [-0.4, -0.2) is 10.9 Å². The summed E-state index contributed by atoms with van der Waals surface area (Å²) in [6, 6.07) is 1.76. The van der Waals surface area contributed by atoms with E-state index in [0.29, 0.717) is 0 Å². The predicted octanol–water partition coefficient (Wildman–Crippen LogP) is -0.235. The molecule has 13 heavy (non-hydrogen) atoms. The Labute approximate surface area is 74.3 Å². The zero-order chi connectivity index (χ0) is 9.84. The first-order valence-electron chi connectivity index (χ1n) is 3.53. The molecule has 0 aliphatic heterocycles. The van der Waals surface area contributed by atoms with Crippen LogP contribution in [0, 0.1) is 11.3 Å². The molecule has 0 radical (unpaired) electrons. The van der Waals surface area contributed by atoms with E-state index in [2.05, 4.69) is 10.3 Å². The van der Waals surface area contributed by atoms with E-state index in [1.54, 1.807) is 6.07 Å². The maximum atomic E-state index is 10.5. The van der Waals surface area contributed by atoms with Crippen molar-refractivity contribution < 1.29 is 9.21 Å². The molecule has 0 bridgehead atoms. The number of carbonyl (C=O) groups is 1. The van der Waals surface area contributed by atoms with Crippen LogP contribution in [0.4, 0.5) is 5.88 Å². The second-order valence-electron chi connectivity index (χ2n) is 2.34. The van der Waals surface area contributed by atoms with Crippen molar-refractivity contribution in [2.45, 2.75) is 13.5 Å². The molecule has 1 heterocycles. The van der Waals surface area contributed by atoms with Gasteiger partial charge in [-0.05, 0) is 0 Å². The summed E-state index contributed by atoms with van der Waals surface area (Å²) in [5.74, 6) is 0.00220. The van der Waals surface area contributed by atoms with E-state index in [1.807, 2.05) is 0 Å². The first-order valence-corrected chi connectivity index (χ1v) is 3.53. The third-order valence-electron chi connectivity index (χ3n) is 1.29. The lowest BCUT2D eigenvalue weighted by molar-refractivity contribution is -0.119. The Morgan fingerprint density at radius 1 is 1.85 bits per heavy atom. The number of hydrogen-bond donors (Lipinski definition) is 2. The van der Waals surface area contributed by atoms with Crippen molar-refractivity contribution in [1.29, 1.82) is 5.26 Å². The molecule has 1 rings (SSSR count). The monoisotopic (exact) mass is 180 g/mol. The summed E-state index contributed by atoms with van der Waals surface area (Å²) in [5, 5.41) is 10.9. The van der Waals surface area contributed by atoms with E-state index in [0.717, 1.165) is 0 Å². The van der Waals surface area contributed by atoms with Gasteiger partial charge in [0.25, 0.3) is 0 Å². The van der Waals surface area contributed by atoms with Crippen molar-refractivity contribution in [1.82, 2.24) is 10.3 Å². The molecule has 6 heteroatoms. The second-order valence-corrected chi connectivity index (χ2v) is 2.34. The van der Waals surface area contributed by atoms with E-state index in [9.17, 15) is 4.79 Å². The number of nitrogens with two attached hydrogens (primary N) is 1. The molecular formula is C7H8N4O2. The topological polar surface area (TPSA) is 105 Å². The fourth-order valence-electron chi connectivity index (χ4n) is 0.734. The van der Waals surface area contributed by atoms with Gasteiger partial charge < -0.3 is 15.5 Å². The molecular weight excluding hydrogens is 172 g/mol. The highest BCUT2D eigenvalue weighted by molar-refractivity contribution is 5.72. The summed E-state index contributed by atoms with van der Waals surface area (Å²) in [6.07, 6.45) is 0. The van der Waals surface area contributed by atoms with Crippen LogP contribution in [0.2, 0.25) is 0 Å². The summed E-state index contributed by atoms with van der Waals surface area (Å²) in [7, 11) is 0. The fourth-order valence-corrected chi connectivity index (χ4v) is 0.734. The zero-order valence-electron chi connectivity index (χ0n) is 7.00. The minimum atomic E-state index is -0.199. The highest BCUT2D eigenvalue weighted by atomic mass is 16.4. The van der Waals surface area contributed by atoms with Crippen LogP contribution < -0.4 is 11.1 Å². The summed E-state index contributed by atoms with van der Waals surface area (Å²) in [5.41, 5.74) is 5.34. The summed E-state index contributed by atoms with van der Waals surface area (Å²) in [4.78, 5) is 14.2. The minimum absolute atomic E-state index is 0.0251. The van der Waals surface area contributed by atoms with Crippen molar-refractivity contribution in [3.05, 3.63) is 11.6 Å². The van der Waals surface area contributed by atoms with Gasteiger partial charge in [-0.15, -0.1) is 0 Å². The van der Waals surface area contributed by atoms with Gasteiger partial charge in [0.2, 0.25) is 23.4 Å². The lowest BCUT2D eigenvalue weighted by Crippen LogP contribution is -2.19. The predicted molar refractivity (Wildman–Crippen MR) is 43.2 cm³/mol. The van der Waals surface area contributed by atoms with Crippen LogP contribution in [0.15, 0.2) is 4.42 Å². The van der Waals surface area contributed by atoms with Gasteiger partial charge in [0.15, 0.2) is 0 Å². The molecule has 0 saturated heterocycles. The molecule has 0 atom stereocenters. The van der Waals surface area contributed by atoms with E-state index >= 15 is 0 Å². The molecule has 0 saturated carbocycles. The van der Waals surface area contributed by atoms with Gasteiger partial charge in [0.05, 0.1) is 6.54 Å². The standard InChI is InChI=1S/C7H8N4O2/c1-4(12)10-3-6-11-5(2-8)7(9)13-6/h3,9H2,1H3,(H,10,12). The number of rotatable bonds is 2. The lowest BCUT2D eigenvalue weighted by atomic mass is 10.5. The van der Waals surface area contributed by atoms with E-state index < -0.39 is 0 Å². The summed E-state index contributed by atoms with van der Waals surface area (Å²) in [6.45, 7) is 1.51. The zero-order valence-corrected chi connectivity index (χ0v) is 7.00. The Hall–Kier alpha value is -2.03. The molecule has 6 nitrogen and oxygen atoms in total. The van der Waals surface area contributed by atoms with Gasteiger partial charge in [-0.3, -0.25) is 4.79 Å². The van der Waals surface area contributed by atoms with Gasteiger partial charge in [-0.25, -0.2) is 0 Å². The van der Waals surface area contributed by atoms with E-state index in [4.69, 9.17) is 15.4 Å². The number of anilines is 1. The average Bonchev–Trinajstić information content (AvgIpc) is 2.43. The van der Waals surface area contributed by atoms with Gasteiger partial charge in [-0.1, -0.05) is 0 Å². The van der Waals surface area contributed by atoms with Gasteiger partial charge in [0, 0.05) is 6.92 Å². The normalized spacial score (nSPS) is 9.23. The molecule has 0 unspecified atom stereocenters. The maximum Gasteiger partial charge on any atom is 0.229 e. The average molecular weight is 180 g/mol. The molecule has 0 spiro atoms. The number of nitrogen functional groups attached to an aromatic ring is 1. The van der Waals surface area contributed by atoms with Crippen molar-refractivity contribution in [3.8, 4) is 6.07 Å². The number of nitrogens with one attached hydrogen (secondary N) is 1. The Balaban J connectivity index is 2.69. The molecule has 68 valence electrons. The molecule has 0 fully saturated rings. The van der Waals surface area contributed by atoms with Crippen molar-refractivity contribution in [3.63, 3.8) is 0 Å². The number of aromatic nitrogens is 1. The summed E-state index contributed by atoms with van der Waals surface area (Å²) < 4.78 is 4.89. The van der Waals surface area contributed by atoms with Crippen LogP contribution in [-0.2, 0) is 11.3 Å². The van der Waals surface area contributed by atoms with E-state index in [1.165, 1.54) is 6.92 Å². The van der Waals surface area contributed by atoms with Crippen molar-refractivity contribution in [2.24, 2.45) is 0 Å². The first kappa shape index (κ1) is 9.06. The number of amides is 1.